The molecule has 0 aliphatic heterocycles. The van der Waals surface area contributed by atoms with Gasteiger partial charge in [0.15, 0.2) is 0 Å². The van der Waals surface area contributed by atoms with E-state index in [1.807, 2.05) is 38.1 Å². The van der Waals surface area contributed by atoms with E-state index in [1.54, 1.807) is 12.3 Å². The van der Waals surface area contributed by atoms with E-state index in [2.05, 4.69) is 27.8 Å². The van der Waals surface area contributed by atoms with Crippen molar-refractivity contribution in [2.75, 3.05) is 11.9 Å². The number of nitrogens with zero attached hydrogens (tertiary/aromatic N) is 1. The van der Waals surface area contributed by atoms with E-state index in [1.165, 1.54) is 5.56 Å². The fourth-order valence-corrected chi connectivity index (χ4v) is 1.98. The van der Waals surface area contributed by atoms with E-state index in [4.69, 9.17) is 0 Å². The Morgan fingerprint density at radius 1 is 1.14 bits per heavy atom. The molecular weight excluding hydrogens is 262 g/mol. The summed E-state index contributed by atoms with van der Waals surface area (Å²) in [6, 6.07) is 14.0. The van der Waals surface area contributed by atoms with E-state index >= 15 is 0 Å². The van der Waals surface area contributed by atoms with Gasteiger partial charge in [-0.1, -0.05) is 30.3 Å². The van der Waals surface area contributed by atoms with Crippen LogP contribution in [0, 0.1) is 0 Å². The van der Waals surface area contributed by atoms with E-state index in [-0.39, 0.29) is 5.91 Å². The first kappa shape index (κ1) is 15.0. The molecule has 1 aromatic carbocycles. The van der Waals surface area contributed by atoms with Crippen molar-refractivity contribution in [3.05, 3.63) is 59.8 Å². The number of aromatic nitrogens is 1. The number of nitrogens with one attached hydrogen (secondary N) is 2. The van der Waals surface area contributed by atoms with Gasteiger partial charge in [-0.2, -0.15) is 0 Å². The van der Waals surface area contributed by atoms with Crippen LogP contribution in [0.15, 0.2) is 48.7 Å². The summed E-state index contributed by atoms with van der Waals surface area (Å²) in [7, 11) is 0. The number of amides is 1. The van der Waals surface area contributed by atoms with Crippen molar-refractivity contribution in [3.8, 4) is 0 Å². The summed E-state index contributed by atoms with van der Waals surface area (Å²) in [4.78, 5) is 16.2. The second-order valence-corrected chi connectivity index (χ2v) is 5.22. The highest BCUT2D eigenvalue weighted by Crippen LogP contribution is 2.06. The second-order valence-electron chi connectivity index (χ2n) is 5.22. The van der Waals surface area contributed by atoms with E-state index in [0.29, 0.717) is 18.2 Å². The molecule has 2 rings (SSSR count). The zero-order valence-electron chi connectivity index (χ0n) is 12.5. The minimum absolute atomic E-state index is 0.0884. The average Bonchev–Trinajstić information content (AvgIpc) is 2.48. The van der Waals surface area contributed by atoms with Gasteiger partial charge in [-0.15, -0.1) is 0 Å². The van der Waals surface area contributed by atoms with Crippen LogP contribution in [0.1, 0.15) is 29.8 Å². The molecule has 110 valence electrons. The van der Waals surface area contributed by atoms with Crippen molar-refractivity contribution in [2.45, 2.75) is 26.3 Å². The smallest absolute Gasteiger partial charge is 0.252 e. The molecule has 0 fully saturated rings. The summed E-state index contributed by atoms with van der Waals surface area (Å²) in [5, 5.41) is 6.10. The van der Waals surface area contributed by atoms with E-state index in [9.17, 15) is 4.79 Å². The number of hydrogen-bond donors (Lipinski definition) is 2. The number of benzene rings is 1. The lowest BCUT2D eigenvalue weighted by Gasteiger charge is -2.09. The molecule has 0 aliphatic carbocycles. The third-order valence-electron chi connectivity index (χ3n) is 3.00. The fourth-order valence-electron chi connectivity index (χ4n) is 1.98. The number of carbonyl (C=O) groups is 1. The van der Waals surface area contributed by atoms with Gasteiger partial charge in [0.05, 0.1) is 5.56 Å². The highest BCUT2D eigenvalue weighted by Gasteiger charge is 2.06. The Kier molecular flexibility index (Phi) is 5.32. The van der Waals surface area contributed by atoms with Crippen molar-refractivity contribution in [1.82, 2.24) is 10.3 Å². The predicted octanol–water partition coefficient (Wildman–Crippen LogP) is 2.87. The van der Waals surface area contributed by atoms with Crippen LogP contribution in [0.3, 0.4) is 0 Å². The Hall–Kier alpha value is -2.36. The van der Waals surface area contributed by atoms with Crippen LogP contribution < -0.4 is 10.6 Å². The number of rotatable bonds is 6. The molecule has 0 saturated carbocycles. The van der Waals surface area contributed by atoms with E-state index < -0.39 is 0 Å². The summed E-state index contributed by atoms with van der Waals surface area (Å²) in [6.07, 6.45) is 2.43. The van der Waals surface area contributed by atoms with Crippen molar-refractivity contribution >= 4 is 11.7 Å². The lowest BCUT2D eigenvalue weighted by Crippen LogP contribution is -2.25. The van der Waals surface area contributed by atoms with Crippen LogP contribution in [-0.2, 0) is 6.42 Å². The first-order valence-electron chi connectivity index (χ1n) is 7.20. The summed E-state index contributed by atoms with van der Waals surface area (Å²) in [5.41, 5.74) is 1.80. The third kappa shape index (κ3) is 4.91. The van der Waals surface area contributed by atoms with Gasteiger partial charge in [0.25, 0.3) is 5.91 Å². The molecule has 4 nitrogen and oxygen atoms in total. The predicted molar refractivity (Wildman–Crippen MR) is 85.5 cm³/mol. The Balaban J connectivity index is 1.83. The molecule has 2 N–H and O–H groups in total. The van der Waals surface area contributed by atoms with Gasteiger partial charge in [0, 0.05) is 18.8 Å². The van der Waals surface area contributed by atoms with Gasteiger partial charge in [-0.3, -0.25) is 4.79 Å². The summed E-state index contributed by atoms with van der Waals surface area (Å²) >= 11 is 0. The largest absolute Gasteiger partial charge is 0.368 e. The van der Waals surface area contributed by atoms with Crippen LogP contribution in [-0.4, -0.2) is 23.5 Å². The molecule has 0 unspecified atom stereocenters. The van der Waals surface area contributed by atoms with Crippen LogP contribution >= 0.6 is 0 Å². The van der Waals surface area contributed by atoms with Crippen molar-refractivity contribution < 1.29 is 4.79 Å². The summed E-state index contributed by atoms with van der Waals surface area (Å²) in [5.74, 6) is 0.695. The molecule has 4 heteroatoms. The molecule has 0 bridgehead atoms. The quantitative estimate of drug-likeness (QED) is 0.857. The van der Waals surface area contributed by atoms with Crippen LogP contribution in [0.2, 0.25) is 0 Å². The molecule has 0 atom stereocenters. The molecule has 0 saturated heterocycles. The monoisotopic (exact) mass is 283 g/mol. The molecule has 21 heavy (non-hydrogen) atoms. The fraction of sp³-hybridized carbons (Fsp3) is 0.294. The maximum absolute atomic E-state index is 12.0. The third-order valence-corrected chi connectivity index (χ3v) is 3.00. The van der Waals surface area contributed by atoms with Gasteiger partial charge in [0.2, 0.25) is 0 Å². The minimum Gasteiger partial charge on any atom is -0.368 e. The van der Waals surface area contributed by atoms with Crippen LogP contribution in [0.5, 0.6) is 0 Å². The highest BCUT2D eigenvalue weighted by molar-refractivity contribution is 5.94. The normalized spacial score (nSPS) is 10.4. The Morgan fingerprint density at radius 3 is 2.52 bits per heavy atom. The highest BCUT2D eigenvalue weighted by atomic mass is 16.1. The molecule has 1 amide bonds. The first-order chi connectivity index (χ1) is 10.1. The van der Waals surface area contributed by atoms with Gasteiger partial charge < -0.3 is 10.6 Å². The van der Waals surface area contributed by atoms with Gasteiger partial charge in [-0.05, 0) is 38.0 Å². The molecule has 1 aromatic heterocycles. The standard InChI is InChI=1S/C17H21N3O/c1-13(2)20-16-9-8-15(12-19-16)17(21)18-11-10-14-6-4-3-5-7-14/h3-9,12-13H,10-11H2,1-2H3,(H,18,21)(H,19,20). The van der Waals surface area contributed by atoms with Gasteiger partial charge >= 0.3 is 0 Å². The lowest BCUT2D eigenvalue weighted by atomic mass is 10.1. The van der Waals surface area contributed by atoms with Crippen molar-refractivity contribution in [2.24, 2.45) is 0 Å². The van der Waals surface area contributed by atoms with Crippen molar-refractivity contribution in [3.63, 3.8) is 0 Å². The number of hydrogen-bond acceptors (Lipinski definition) is 3. The molecule has 0 aliphatic rings. The molecular formula is C17H21N3O. The summed E-state index contributed by atoms with van der Waals surface area (Å²) < 4.78 is 0. The topological polar surface area (TPSA) is 54.0 Å². The average molecular weight is 283 g/mol. The second kappa shape index (κ2) is 7.43. The maximum atomic E-state index is 12.0. The van der Waals surface area contributed by atoms with Crippen LogP contribution in [0.25, 0.3) is 0 Å². The van der Waals surface area contributed by atoms with Crippen LogP contribution in [0.4, 0.5) is 5.82 Å². The Labute approximate surface area is 125 Å². The zero-order valence-corrected chi connectivity index (χ0v) is 12.5. The number of pyridine rings is 1. The molecule has 2 aromatic rings. The van der Waals surface area contributed by atoms with Gasteiger partial charge in [0.1, 0.15) is 5.82 Å². The minimum atomic E-state index is -0.0884. The Morgan fingerprint density at radius 2 is 1.90 bits per heavy atom. The number of anilines is 1. The zero-order chi connectivity index (χ0) is 15.1. The Bertz CT molecular complexity index is 564. The SMILES string of the molecule is CC(C)Nc1ccc(C(=O)NCCc2ccccc2)cn1. The first-order valence-corrected chi connectivity index (χ1v) is 7.20. The van der Waals surface area contributed by atoms with Gasteiger partial charge in [-0.25, -0.2) is 4.98 Å². The molecule has 1 heterocycles. The maximum Gasteiger partial charge on any atom is 0.252 e. The molecule has 0 radical (unpaired) electrons. The lowest BCUT2D eigenvalue weighted by molar-refractivity contribution is 0.0954. The van der Waals surface area contributed by atoms with E-state index in [0.717, 1.165) is 12.2 Å². The number of carbonyl (C=O) groups excluding carboxylic acids is 1. The van der Waals surface area contributed by atoms with Crippen molar-refractivity contribution in [1.29, 1.82) is 0 Å². The summed E-state index contributed by atoms with van der Waals surface area (Å²) in [6.45, 7) is 4.71. The molecule has 0 spiro atoms.